The van der Waals surface area contributed by atoms with Crippen molar-refractivity contribution < 1.29 is 14.4 Å². The average Bonchev–Trinajstić information content (AvgIpc) is 2.53. The molecule has 25 heavy (non-hydrogen) atoms. The zero-order valence-corrected chi connectivity index (χ0v) is 16.4. The molecule has 8 heteroatoms. The van der Waals surface area contributed by atoms with Crippen molar-refractivity contribution in [1.82, 2.24) is 15.5 Å². The predicted molar refractivity (Wildman–Crippen MR) is 101 cm³/mol. The van der Waals surface area contributed by atoms with Crippen molar-refractivity contribution in [3.05, 3.63) is 28.7 Å². The summed E-state index contributed by atoms with van der Waals surface area (Å²) in [6.07, 6.45) is 0. The van der Waals surface area contributed by atoms with Crippen molar-refractivity contribution in [3.63, 3.8) is 0 Å². The Morgan fingerprint density at radius 1 is 1.08 bits per heavy atom. The number of benzene rings is 1. The Kier molecular flexibility index (Phi) is 9.15. The predicted octanol–water partition coefficient (Wildman–Crippen LogP) is 1.35. The molecule has 0 spiro atoms. The van der Waals surface area contributed by atoms with Crippen molar-refractivity contribution in [1.29, 1.82) is 0 Å². The van der Waals surface area contributed by atoms with Crippen LogP contribution in [0.15, 0.2) is 28.7 Å². The van der Waals surface area contributed by atoms with Gasteiger partial charge in [-0.05, 0) is 48.5 Å². The lowest BCUT2D eigenvalue weighted by molar-refractivity contribution is -0.127. The highest BCUT2D eigenvalue weighted by Crippen LogP contribution is 2.20. The Morgan fingerprint density at radius 3 is 2.32 bits per heavy atom. The molecule has 0 saturated carbocycles. The van der Waals surface area contributed by atoms with Crippen LogP contribution in [0.25, 0.3) is 0 Å². The number of likely N-dealkylation sites (N-methyl/N-ethyl adjacent to an activating group) is 1. The fraction of sp³-hybridized carbons (Fsp3) is 0.471. The number of hydrogen-bond acceptors (Lipinski definition) is 4. The molecule has 1 aromatic rings. The number of para-hydroxylation sites is 1. The van der Waals surface area contributed by atoms with E-state index in [1.165, 1.54) is 0 Å². The van der Waals surface area contributed by atoms with E-state index < -0.39 is 0 Å². The fourth-order valence-electron chi connectivity index (χ4n) is 2.05. The molecule has 0 aliphatic carbocycles. The molecule has 0 bridgehead atoms. The lowest BCUT2D eigenvalue weighted by Crippen LogP contribution is -2.45. The van der Waals surface area contributed by atoms with Crippen molar-refractivity contribution in [2.75, 3.05) is 31.5 Å². The maximum absolute atomic E-state index is 12.0. The van der Waals surface area contributed by atoms with Crippen LogP contribution in [0.5, 0.6) is 0 Å². The van der Waals surface area contributed by atoms with Crippen molar-refractivity contribution in [3.8, 4) is 0 Å². The third kappa shape index (κ3) is 8.64. The normalized spacial score (nSPS) is 10.6. The van der Waals surface area contributed by atoms with E-state index in [1.807, 2.05) is 32.9 Å². The molecule has 0 unspecified atom stereocenters. The number of carbonyl (C=O) groups excluding carboxylic acids is 3. The molecule has 0 fully saturated rings. The number of hydrogen-bond donors (Lipinski definition) is 3. The third-order valence-electron chi connectivity index (χ3n) is 3.23. The van der Waals surface area contributed by atoms with Crippen LogP contribution in [0.3, 0.4) is 0 Å². The van der Waals surface area contributed by atoms with Gasteiger partial charge in [-0.25, -0.2) is 0 Å². The van der Waals surface area contributed by atoms with Gasteiger partial charge in [0.05, 0.1) is 25.3 Å². The van der Waals surface area contributed by atoms with E-state index in [9.17, 15) is 14.4 Å². The average molecular weight is 413 g/mol. The zero-order valence-electron chi connectivity index (χ0n) is 14.8. The van der Waals surface area contributed by atoms with Crippen LogP contribution >= 0.6 is 15.9 Å². The summed E-state index contributed by atoms with van der Waals surface area (Å²) >= 11 is 3.34. The smallest absolute Gasteiger partial charge is 0.243 e. The molecule has 0 saturated heterocycles. The number of amides is 3. The molecule has 0 aliphatic heterocycles. The van der Waals surface area contributed by atoms with Crippen LogP contribution in [0.2, 0.25) is 0 Å². The van der Waals surface area contributed by atoms with Crippen molar-refractivity contribution in [2.24, 2.45) is 0 Å². The van der Waals surface area contributed by atoms with Crippen LogP contribution in [-0.2, 0) is 14.4 Å². The van der Waals surface area contributed by atoms with Gasteiger partial charge in [0.1, 0.15) is 0 Å². The first kappa shape index (κ1) is 21.1. The Balaban J connectivity index is 2.38. The number of rotatable bonds is 9. The van der Waals surface area contributed by atoms with Gasteiger partial charge in [0.2, 0.25) is 17.7 Å². The second-order valence-electron chi connectivity index (χ2n) is 5.83. The van der Waals surface area contributed by atoms with Gasteiger partial charge >= 0.3 is 0 Å². The van der Waals surface area contributed by atoms with Gasteiger partial charge < -0.3 is 16.0 Å². The summed E-state index contributed by atoms with van der Waals surface area (Å²) in [5, 5.41) is 8.05. The number of anilines is 1. The van der Waals surface area contributed by atoms with Gasteiger partial charge in [-0.2, -0.15) is 0 Å². The monoisotopic (exact) mass is 412 g/mol. The summed E-state index contributed by atoms with van der Waals surface area (Å²) in [7, 11) is 0. The summed E-state index contributed by atoms with van der Waals surface area (Å²) in [6.45, 7) is 6.26. The maximum atomic E-state index is 12.0. The van der Waals surface area contributed by atoms with Crippen molar-refractivity contribution in [2.45, 2.75) is 26.8 Å². The Labute approximate surface area is 156 Å². The highest BCUT2D eigenvalue weighted by Gasteiger charge is 2.14. The van der Waals surface area contributed by atoms with Gasteiger partial charge in [0.25, 0.3) is 0 Å². The van der Waals surface area contributed by atoms with E-state index >= 15 is 0 Å². The first-order valence-electron chi connectivity index (χ1n) is 8.14. The van der Waals surface area contributed by atoms with Crippen molar-refractivity contribution >= 4 is 39.3 Å². The minimum atomic E-state index is -0.319. The number of nitrogens with one attached hydrogen (secondary N) is 3. The second kappa shape index (κ2) is 10.8. The minimum Gasteiger partial charge on any atom is -0.353 e. The van der Waals surface area contributed by atoms with E-state index in [-0.39, 0.29) is 43.4 Å². The molecule has 0 atom stereocenters. The molecular formula is C17H25BrN4O3. The van der Waals surface area contributed by atoms with Crippen LogP contribution < -0.4 is 16.0 Å². The standard InChI is InChI=1S/C17H25BrN4O3/c1-4-22(11-17(25)20-12(2)3)10-16(24)19-9-15(23)21-14-8-6-5-7-13(14)18/h5-8,12H,4,9-11H2,1-3H3,(H,19,24)(H,20,25)(H,21,23). The lowest BCUT2D eigenvalue weighted by Gasteiger charge is -2.20. The minimum absolute atomic E-state index is 0.0565. The van der Waals surface area contributed by atoms with Gasteiger partial charge in [-0.1, -0.05) is 19.1 Å². The van der Waals surface area contributed by atoms with E-state index in [0.717, 1.165) is 4.47 Å². The quantitative estimate of drug-likeness (QED) is 0.570. The van der Waals surface area contributed by atoms with E-state index in [2.05, 4.69) is 31.9 Å². The summed E-state index contributed by atoms with van der Waals surface area (Å²) in [4.78, 5) is 37.3. The zero-order chi connectivity index (χ0) is 18.8. The Morgan fingerprint density at radius 2 is 1.72 bits per heavy atom. The molecule has 138 valence electrons. The summed E-state index contributed by atoms with van der Waals surface area (Å²) < 4.78 is 0.767. The highest BCUT2D eigenvalue weighted by atomic mass is 79.9. The van der Waals surface area contributed by atoms with E-state index in [1.54, 1.807) is 17.0 Å². The fourth-order valence-corrected chi connectivity index (χ4v) is 2.43. The van der Waals surface area contributed by atoms with Gasteiger partial charge in [0, 0.05) is 10.5 Å². The first-order valence-corrected chi connectivity index (χ1v) is 8.94. The van der Waals surface area contributed by atoms with Crippen LogP contribution in [0.1, 0.15) is 20.8 Å². The molecule has 0 aromatic heterocycles. The van der Waals surface area contributed by atoms with Gasteiger partial charge in [-0.3, -0.25) is 19.3 Å². The molecule has 0 heterocycles. The topological polar surface area (TPSA) is 90.5 Å². The molecular weight excluding hydrogens is 388 g/mol. The molecule has 3 amide bonds. The van der Waals surface area contributed by atoms with Crippen LogP contribution in [0, 0.1) is 0 Å². The van der Waals surface area contributed by atoms with Crippen LogP contribution in [-0.4, -0.2) is 54.8 Å². The first-order chi connectivity index (χ1) is 11.8. The number of carbonyl (C=O) groups is 3. The molecule has 1 aromatic carbocycles. The SMILES string of the molecule is CCN(CC(=O)NCC(=O)Nc1ccccc1Br)CC(=O)NC(C)C. The summed E-state index contributed by atoms with van der Waals surface area (Å²) in [6, 6.07) is 7.28. The molecule has 7 nitrogen and oxygen atoms in total. The molecule has 0 aliphatic rings. The highest BCUT2D eigenvalue weighted by molar-refractivity contribution is 9.10. The van der Waals surface area contributed by atoms with E-state index in [0.29, 0.717) is 12.2 Å². The summed E-state index contributed by atoms with van der Waals surface area (Å²) in [5.74, 6) is -0.751. The molecule has 1 rings (SSSR count). The van der Waals surface area contributed by atoms with Crippen LogP contribution in [0.4, 0.5) is 5.69 Å². The van der Waals surface area contributed by atoms with Gasteiger partial charge in [-0.15, -0.1) is 0 Å². The third-order valence-corrected chi connectivity index (χ3v) is 3.92. The molecule has 0 radical (unpaired) electrons. The number of halogens is 1. The van der Waals surface area contributed by atoms with Gasteiger partial charge in [0.15, 0.2) is 0 Å². The second-order valence-corrected chi connectivity index (χ2v) is 6.68. The Bertz CT molecular complexity index is 607. The number of nitrogens with zero attached hydrogens (tertiary/aromatic N) is 1. The van der Waals surface area contributed by atoms with E-state index in [4.69, 9.17) is 0 Å². The Hall–Kier alpha value is -1.93. The maximum Gasteiger partial charge on any atom is 0.243 e. The lowest BCUT2D eigenvalue weighted by atomic mass is 10.3. The largest absolute Gasteiger partial charge is 0.353 e. The summed E-state index contributed by atoms with van der Waals surface area (Å²) in [5.41, 5.74) is 0.641. The molecule has 3 N–H and O–H groups in total.